The van der Waals surface area contributed by atoms with Gasteiger partial charge >= 0.3 is 5.97 Å². The van der Waals surface area contributed by atoms with Gasteiger partial charge in [-0.3, -0.25) is 0 Å². The largest absolute Gasteiger partial charge is 0.462 e. The highest BCUT2D eigenvalue weighted by Gasteiger charge is 2.07. The van der Waals surface area contributed by atoms with Crippen molar-refractivity contribution in [3.05, 3.63) is 42.2 Å². The zero-order chi connectivity index (χ0) is 11.4. The number of nitrogens with zero attached hydrogens (tertiary/aromatic N) is 1. The topological polar surface area (TPSA) is 52.3 Å². The van der Waals surface area contributed by atoms with Gasteiger partial charge in [0.25, 0.3) is 0 Å². The molecule has 82 valence electrons. The van der Waals surface area contributed by atoms with E-state index < -0.39 is 0 Å². The van der Waals surface area contributed by atoms with E-state index in [1.54, 1.807) is 25.1 Å². The van der Waals surface area contributed by atoms with E-state index in [9.17, 15) is 4.79 Å². The zero-order valence-electron chi connectivity index (χ0n) is 8.84. The van der Waals surface area contributed by atoms with Crippen LogP contribution in [0.5, 0.6) is 0 Å². The van der Waals surface area contributed by atoms with E-state index in [2.05, 4.69) is 5.16 Å². The molecule has 0 N–H and O–H groups in total. The van der Waals surface area contributed by atoms with Gasteiger partial charge in [-0.05, 0) is 19.1 Å². The van der Waals surface area contributed by atoms with Crippen LogP contribution < -0.4 is 0 Å². The molecule has 0 radical (unpaired) electrons. The molecule has 1 aromatic carbocycles. The molecule has 2 aromatic rings. The van der Waals surface area contributed by atoms with Crippen LogP contribution >= 0.6 is 0 Å². The summed E-state index contributed by atoms with van der Waals surface area (Å²) in [6, 6.07) is 8.80. The molecule has 0 atom stereocenters. The molecule has 0 fully saturated rings. The molecule has 0 bridgehead atoms. The maximum Gasteiger partial charge on any atom is 0.338 e. The summed E-state index contributed by atoms with van der Waals surface area (Å²) in [5.41, 5.74) is 2.19. The Morgan fingerprint density at radius 1 is 1.31 bits per heavy atom. The smallest absolute Gasteiger partial charge is 0.338 e. The molecule has 0 saturated heterocycles. The summed E-state index contributed by atoms with van der Waals surface area (Å²) in [5.74, 6) is -0.311. The Bertz CT molecular complexity index is 460. The molecular weight excluding hydrogens is 206 g/mol. The molecule has 4 heteroatoms. The van der Waals surface area contributed by atoms with Crippen molar-refractivity contribution in [3.8, 4) is 11.3 Å². The van der Waals surface area contributed by atoms with Gasteiger partial charge < -0.3 is 9.26 Å². The van der Waals surface area contributed by atoms with E-state index in [0.29, 0.717) is 12.2 Å². The monoisotopic (exact) mass is 217 g/mol. The summed E-state index contributed by atoms with van der Waals surface area (Å²) < 4.78 is 9.63. The lowest BCUT2D eigenvalue weighted by atomic mass is 10.1. The van der Waals surface area contributed by atoms with Crippen molar-refractivity contribution in [2.24, 2.45) is 0 Å². The summed E-state index contributed by atoms with van der Waals surface area (Å²) >= 11 is 0. The van der Waals surface area contributed by atoms with E-state index in [4.69, 9.17) is 9.26 Å². The third-order valence-electron chi connectivity index (χ3n) is 2.13. The average Bonchev–Trinajstić information content (AvgIpc) is 2.83. The fraction of sp³-hybridized carbons (Fsp3) is 0.167. The molecular formula is C12H11NO3. The van der Waals surface area contributed by atoms with Crippen LogP contribution in [0.15, 0.2) is 41.1 Å². The minimum absolute atomic E-state index is 0.311. The first-order valence-electron chi connectivity index (χ1n) is 4.99. The molecule has 4 nitrogen and oxygen atoms in total. The Kier molecular flexibility index (Phi) is 3.00. The van der Waals surface area contributed by atoms with Crippen molar-refractivity contribution in [3.63, 3.8) is 0 Å². The number of hydrogen-bond acceptors (Lipinski definition) is 4. The fourth-order valence-electron chi connectivity index (χ4n) is 1.35. The summed E-state index contributed by atoms with van der Waals surface area (Å²) in [5, 5.41) is 3.81. The van der Waals surface area contributed by atoms with Gasteiger partial charge in [0, 0.05) is 11.6 Å². The van der Waals surface area contributed by atoms with Crippen LogP contribution in [0.4, 0.5) is 0 Å². The Hall–Kier alpha value is -2.10. The number of carbonyl (C=O) groups is 1. The van der Waals surface area contributed by atoms with E-state index in [-0.39, 0.29) is 5.97 Å². The maximum absolute atomic E-state index is 11.4. The lowest BCUT2D eigenvalue weighted by molar-refractivity contribution is 0.0526. The predicted octanol–water partition coefficient (Wildman–Crippen LogP) is 2.52. The molecule has 0 spiro atoms. The number of ether oxygens (including phenoxy) is 1. The molecule has 0 unspecified atom stereocenters. The summed E-state index contributed by atoms with van der Waals surface area (Å²) in [4.78, 5) is 11.4. The molecule has 0 aliphatic rings. The van der Waals surface area contributed by atoms with Gasteiger partial charge in [-0.1, -0.05) is 17.3 Å². The van der Waals surface area contributed by atoms with Crippen molar-refractivity contribution >= 4 is 5.97 Å². The molecule has 0 aliphatic carbocycles. The van der Waals surface area contributed by atoms with Gasteiger partial charge in [-0.2, -0.15) is 0 Å². The van der Waals surface area contributed by atoms with Crippen molar-refractivity contribution in [1.82, 2.24) is 5.16 Å². The number of aromatic nitrogens is 1. The van der Waals surface area contributed by atoms with Crippen LogP contribution in [0.25, 0.3) is 11.3 Å². The normalized spacial score (nSPS) is 10.1. The summed E-state index contributed by atoms with van der Waals surface area (Å²) in [6.45, 7) is 2.16. The van der Waals surface area contributed by atoms with Gasteiger partial charge in [0.15, 0.2) is 0 Å². The fourth-order valence-corrected chi connectivity index (χ4v) is 1.35. The number of esters is 1. The lowest BCUT2D eigenvalue weighted by Crippen LogP contribution is -2.03. The SMILES string of the molecule is CCOC(=O)c1ccc(-c2ccon2)cc1. The van der Waals surface area contributed by atoms with Gasteiger partial charge in [-0.25, -0.2) is 4.79 Å². The number of carbonyl (C=O) groups excluding carboxylic acids is 1. The van der Waals surface area contributed by atoms with Crippen LogP contribution in [0.3, 0.4) is 0 Å². The number of benzene rings is 1. The molecule has 0 saturated carbocycles. The highest BCUT2D eigenvalue weighted by Crippen LogP contribution is 2.17. The molecule has 0 aliphatic heterocycles. The third kappa shape index (κ3) is 2.11. The van der Waals surface area contributed by atoms with Crippen LogP contribution in [0.2, 0.25) is 0 Å². The van der Waals surface area contributed by atoms with Crippen LogP contribution in [0.1, 0.15) is 17.3 Å². The zero-order valence-corrected chi connectivity index (χ0v) is 8.84. The lowest BCUT2D eigenvalue weighted by Gasteiger charge is -2.01. The van der Waals surface area contributed by atoms with E-state index >= 15 is 0 Å². The third-order valence-corrected chi connectivity index (χ3v) is 2.13. The van der Waals surface area contributed by atoms with E-state index in [0.717, 1.165) is 11.3 Å². The number of rotatable bonds is 3. The standard InChI is InChI=1S/C12H11NO3/c1-2-15-12(14)10-5-3-9(4-6-10)11-7-8-16-13-11/h3-8H,2H2,1H3. The average molecular weight is 217 g/mol. The Balaban J connectivity index is 2.20. The first-order chi connectivity index (χ1) is 7.81. The minimum atomic E-state index is -0.311. The van der Waals surface area contributed by atoms with Crippen molar-refractivity contribution < 1.29 is 14.1 Å². The molecule has 16 heavy (non-hydrogen) atoms. The van der Waals surface area contributed by atoms with Crippen LogP contribution in [-0.4, -0.2) is 17.7 Å². The summed E-state index contributed by atoms with van der Waals surface area (Å²) in [7, 11) is 0. The second-order valence-electron chi connectivity index (χ2n) is 3.18. The Morgan fingerprint density at radius 2 is 2.06 bits per heavy atom. The summed E-state index contributed by atoms with van der Waals surface area (Å²) in [6.07, 6.45) is 1.51. The van der Waals surface area contributed by atoms with Crippen LogP contribution in [-0.2, 0) is 4.74 Å². The second-order valence-corrected chi connectivity index (χ2v) is 3.18. The molecule has 1 heterocycles. The first-order valence-corrected chi connectivity index (χ1v) is 4.99. The second kappa shape index (κ2) is 4.61. The van der Waals surface area contributed by atoms with Gasteiger partial charge in [-0.15, -0.1) is 0 Å². The van der Waals surface area contributed by atoms with Gasteiger partial charge in [0.2, 0.25) is 0 Å². The highest BCUT2D eigenvalue weighted by atomic mass is 16.5. The Labute approximate surface area is 92.8 Å². The molecule has 0 amide bonds. The van der Waals surface area contributed by atoms with E-state index in [1.165, 1.54) is 6.26 Å². The van der Waals surface area contributed by atoms with Crippen molar-refractivity contribution in [2.75, 3.05) is 6.61 Å². The number of hydrogen-bond donors (Lipinski definition) is 0. The Morgan fingerprint density at radius 3 is 2.62 bits per heavy atom. The molecule has 2 rings (SSSR count). The van der Waals surface area contributed by atoms with Crippen molar-refractivity contribution in [1.29, 1.82) is 0 Å². The quantitative estimate of drug-likeness (QED) is 0.741. The minimum Gasteiger partial charge on any atom is -0.462 e. The first kappa shape index (κ1) is 10.4. The van der Waals surface area contributed by atoms with E-state index in [1.807, 2.05) is 12.1 Å². The maximum atomic E-state index is 11.4. The van der Waals surface area contributed by atoms with Crippen LogP contribution in [0, 0.1) is 0 Å². The molecule has 1 aromatic heterocycles. The van der Waals surface area contributed by atoms with Gasteiger partial charge in [0.1, 0.15) is 12.0 Å². The predicted molar refractivity (Wildman–Crippen MR) is 57.9 cm³/mol. The highest BCUT2D eigenvalue weighted by molar-refractivity contribution is 5.89. The van der Waals surface area contributed by atoms with Crippen molar-refractivity contribution in [2.45, 2.75) is 6.92 Å². The van der Waals surface area contributed by atoms with Gasteiger partial charge in [0.05, 0.1) is 12.2 Å².